The van der Waals surface area contributed by atoms with E-state index in [9.17, 15) is 9.18 Å². The molecule has 0 aromatic heterocycles. The van der Waals surface area contributed by atoms with E-state index >= 15 is 0 Å². The predicted octanol–water partition coefficient (Wildman–Crippen LogP) is 1.40. The molecule has 5 heteroatoms. The highest BCUT2D eigenvalue weighted by atomic mass is 19.1. The molecule has 0 aliphatic carbocycles. The van der Waals surface area contributed by atoms with Crippen molar-refractivity contribution in [2.24, 2.45) is 0 Å². The summed E-state index contributed by atoms with van der Waals surface area (Å²) in [5.41, 5.74) is -0.0383. The average Bonchev–Trinajstić information content (AvgIpc) is 2.37. The standard InChI is InChI=1S/C13H17FN2O2/c14-12-7-10(17)4-5-11(12)13(18)16-8-9-3-1-2-6-15-9/h4-5,7,9,15,17H,1-3,6,8H2,(H,16,18). The smallest absolute Gasteiger partial charge is 0.254 e. The number of piperidine rings is 1. The van der Waals surface area contributed by atoms with Gasteiger partial charge in [-0.2, -0.15) is 0 Å². The number of carbonyl (C=O) groups excluding carboxylic acids is 1. The second-order valence-electron chi connectivity index (χ2n) is 4.52. The fraction of sp³-hybridized carbons (Fsp3) is 0.462. The van der Waals surface area contributed by atoms with Crippen LogP contribution in [0.15, 0.2) is 18.2 Å². The lowest BCUT2D eigenvalue weighted by Crippen LogP contribution is -2.43. The minimum absolute atomic E-state index is 0.0383. The summed E-state index contributed by atoms with van der Waals surface area (Å²) < 4.78 is 13.4. The number of phenols is 1. The predicted molar refractivity (Wildman–Crippen MR) is 66.0 cm³/mol. The highest BCUT2D eigenvalue weighted by molar-refractivity contribution is 5.94. The molecular weight excluding hydrogens is 235 g/mol. The van der Waals surface area contributed by atoms with Gasteiger partial charge < -0.3 is 15.7 Å². The Morgan fingerprint density at radius 2 is 2.33 bits per heavy atom. The summed E-state index contributed by atoms with van der Waals surface area (Å²) in [7, 11) is 0. The summed E-state index contributed by atoms with van der Waals surface area (Å²) in [5.74, 6) is -1.33. The quantitative estimate of drug-likeness (QED) is 0.762. The molecule has 0 bridgehead atoms. The number of aromatic hydroxyl groups is 1. The molecule has 2 rings (SSSR count). The minimum Gasteiger partial charge on any atom is -0.508 e. The molecular formula is C13H17FN2O2. The third-order valence-corrected chi connectivity index (χ3v) is 3.12. The summed E-state index contributed by atoms with van der Waals surface area (Å²) in [6, 6.07) is 3.79. The van der Waals surface area contributed by atoms with Crippen molar-refractivity contribution in [3.63, 3.8) is 0 Å². The van der Waals surface area contributed by atoms with Crippen molar-refractivity contribution < 1.29 is 14.3 Å². The van der Waals surface area contributed by atoms with Crippen LogP contribution in [0.1, 0.15) is 29.6 Å². The number of hydrogen-bond donors (Lipinski definition) is 3. The normalized spacial score (nSPS) is 19.5. The molecule has 1 heterocycles. The molecule has 1 aliphatic heterocycles. The van der Waals surface area contributed by atoms with Crippen molar-refractivity contribution >= 4 is 5.91 Å². The fourth-order valence-electron chi connectivity index (χ4n) is 2.10. The molecule has 0 saturated carbocycles. The zero-order valence-electron chi connectivity index (χ0n) is 10.1. The Morgan fingerprint density at radius 3 is 3.00 bits per heavy atom. The average molecular weight is 252 g/mol. The van der Waals surface area contributed by atoms with Crippen molar-refractivity contribution in [2.45, 2.75) is 25.3 Å². The fourth-order valence-corrected chi connectivity index (χ4v) is 2.10. The summed E-state index contributed by atoms with van der Waals surface area (Å²) >= 11 is 0. The maximum absolute atomic E-state index is 13.4. The molecule has 1 atom stereocenters. The first-order valence-corrected chi connectivity index (χ1v) is 6.17. The summed E-state index contributed by atoms with van der Waals surface area (Å²) in [6.07, 6.45) is 3.34. The van der Waals surface area contributed by atoms with Crippen LogP contribution in [-0.4, -0.2) is 30.1 Å². The van der Waals surface area contributed by atoms with Crippen molar-refractivity contribution in [3.8, 4) is 5.75 Å². The van der Waals surface area contributed by atoms with E-state index in [0.29, 0.717) is 6.54 Å². The molecule has 98 valence electrons. The number of carbonyl (C=O) groups is 1. The molecule has 0 spiro atoms. The lowest BCUT2D eigenvalue weighted by Gasteiger charge is -2.23. The van der Waals surface area contributed by atoms with Crippen molar-refractivity contribution in [1.29, 1.82) is 0 Å². The van der Waals surface area contributed by atoms with Crippen LogP contribution in [0.4, 0.5) is 4.39 Å². The van der Waals surface area contributed by atoms with Gasteiger partial charge in [-0.25, -0.2) is 4.39 Å². The van der Waals surface area contributed by atoms with E-state index in [1.807, 2.05) is 0 Å². The third kappa shape index (κ3) is 3.20. The number of benzene rings is 1. The zero-order chi connectivity index (χ0) is 13.0. The van der Waals surface area contributed by atoms with Gasteiger partial charge in [0.2, 0.25) is 0 Å². The van der Waals surface area contributed by atoms with Crippen molar-refractivity contribution in [2.75, 3.05) is 13.1 Å². The van der Waals surface area contributed by atoms with E-state index in [1.54, 1.807) is 0 Å². The molecule has 1 fully saturated rings. The number of nitrogens with one attached hydrogen (secondary N) is 2. The largest absolute Gasteiger partial charge is 0.508 e. The van der Waals surface area contributed by atoms with Crippen molar-refractivity contribution in [3.05, 3.63) is 29.6 Å². The molecule has 1 aromatic rings. The summed E-state index contributed by atoms with van der Waals surface area (Å²) in [6.45, 7) is 1.47. The molecule has 4 nitrogen and oxygen atoms in total. The maximum Gasteiger partial charge on any atom is 0.254 e. The Hall–Kier alpha value is -1.62. The molecule has 1 saturated heterocycles. The van der Waals surface area contributed by atoms with Crippen LogP contribution in [0.25, 0.3) is 0 Å². The first-order chi connectivity index (χ1) is 8.66. The molecule has 1 aromatic carbocycles. The highest BCUT2D eigenvalue weighted by Gasteiger charge is 2.16. The van der Waals surface area contributed by atoms with Gasteiger partial charge in [0.25, 0.3) is 5.91 Å². The number of amides is 1. The Labute approximate surface area is 105 Å². The number of halogens is 1. The van der Waals surface area contributed by atoms with Gasteiger partial charge in [-0.15, -0.1) is 0 Å². The van der Waals surface area contributed by atoms with Crippen LogP contribution in [0.3, 0.4) is 0 Å². The molecule has 18 heavy (non-hydrogen) atoms. The van der Waals surface area contributed by atoms with Gasteiger partial charge in [-0.3, -0.25) is 4.79 Å². The van der Waals surface area contributed by atoms with Crippen LogP contribution in [-0.2, 0) is 0 Å². The molecule has 1 amide bonds. The lowest BCUT2D eigenvalue weighted by molar-refractivity contribution is 0.0943. The Balaban J connectivity index is 1.90. The van der Waals surface area contributed by atoms with Crippen molar-refractivity contribution in [1.82, 2.24) is 10.6 Å². The summed E-state index contributed by atoms with van der Waals surface area (Å²) in [5, 5.41) is 15.1. The molecule has 0 radical (unpaired) electrons. The van der Waals surface area contributed by atoms with Gasteiger partial charge in [0.15, 0.2) is 0 Å². The van der Waals surface area contributed by atoms with E-state index in [0.717, 1.165) is 31.9 Å². The van der Waals surface area contributed by atoms with Gasteiger partial charge in [0.05, 0.1) is 5.56 Å². The van der Waals surface area contributed by atoms with E-state index in [1.165, 1.54) is 12.1 Å². The number of hydrogen-bond acceptors (Lipinski definition) is 3. The zero-order valence-corrected chi connectivity index (χ0v) is 10.1. The Morgan fingerprint density at radius 1 is 1.50 bits per heavy atom. The van der Waals surface area contributed by atoms with E-state index < -0.39 is 11.7 Å². The Kier molecular flexibility index (Phi) is 4.15. The van der Waals surface area contributed by atoms with Crippen LogP contribution in [0.5, 0.6) is 5.75 Å². The topological polar surface area (TPSA) is 61.4 Å². The first kappa shape index (κ1) is 12.8. The minimum atomic E-state index is -0.705. The first-order valence-electron chi connectivity index (χ1n) is 6.17. The monoisotopic (exact) mass is 252 g/mol. The van der Waals surface area contributed by atoms with E-state index in [2.05, 4.69) is 10.6 Å². The molecule has 1 unspecified atom stereocenters. The maximum atomic E-state index is 13.4. The van der Waals surface area contributed by atoms with E-state index in [4.69, 9.17) is 5.11 Å². The Bertz CT molecular complexity index is 431. The van der Waals surface area contributed by atoms with Gasteiger partial charge >= 0.3 is 0 Å². The number of rotatable bonds is 3. The van der Waals surface area contributed by atoms with Gasteiger partial charge in [-0.1, -0.05) is 6.42 Å². The van der Waals surface area contributed by atoms with Crippen LogP contribution in [0.2, 0.25) is 0 Å². The second-order valence-corrected chi connectivity index (χ2v) is 4.52. The van der Waals surface area contributed by atoms with Crippen LogP contribution >= 0.6 is 0 Å². The van der Waals surface area contributed by atoms with Gasteiger partial charge in [0.1, 0.15) is 11.6 Å². The van der Waals surface area contributed by atoms with Gasteiger partial charge in [0, 0.05) is 18.7 Å². The van der Waals surface area contributed by atoms with Crippen LogP contribution < -0.4 is 10.6 Å². The second kappa shape index (κ2) is 5.82. The van der Waals surface area contributed by atoms with Crippen LogP contribution in [0, 0.1) is 5.82 Å². The van der Waals surface area contributed by atoms with E-state index in [-0.39, 0.29) is 17.4 Å². The summed E-state index contributed by atoms with van der Waals surface area (Å²) in [4.78, 5) is 11.8. The molecule has 1 aliphatic rings. The molecule has 3 N–H and O–H groups in total. The highest BCUT2D eigenvalue weighted by Crippen LogP contribution is 2.15. The third-order valence-electron chi connectivity index (χ3n) is 3.12. The van der Waals surface area contributed by atoms with Gasteiger partial charge in [-0.05, 0) is 31.5 Å². The number of phenolic OH excluding ortho intramolecular Hbond substituents is 1. The SMILES string of the molecule is O=C(NCC1CCCCN1)c1ccc(O)cc1F. The lowest BCUT2D eigenvalue weighted by atomic mass is 10.0.